The molecule has 1 aromatic rings. The van der Waals surface area contributed by atoms with Gasteiger partial charge in [-0.1, -0.05) is 0 Å². The molecular formula is C13H19N3O5. The molecular weight excluding hydrogens is 278 g/mol. The fourth-order valence-electron chi connectivity index (χ4n) is 3.15. The van der Waals surface area contributed by atoms with Crippen LogP contribution in [0.3, 0.4) is 0 Å². The molecule has 1 spiro atoms. The van der Waals surface area contributed by atoms with Crippen molar-refractivity contribution in [1.29, 1.82) is 0 Å². The Morgan fingerprint density at radius 1 is 1.48 bits per heavy atom. The molecule has 0 bridgehead atoms. The highest BCUT2D eigenvalue weighted by Crippen LogP contribution is 2.46. The molecule has 1 aliphatic heterocycles. The van der Waals surface area contributed by atoms with Crippen molar-refractivity contribution in [3.05, 3.63) is 22.7 Å². The summed E-state index contributed by atoms with van der Waals surface area (Å²) in [6.07, 6.45) is -0.574. The number of nitrogen functional groups attached to an aromatic ring is 1. The van der Waals surface area contributed by atoms with E-state index in [0.717, 1.165) is 0 Å². The minimum atomic E-state index is -1.15. The van der Waals surface area contributed by atoms with E-state index in [1.165, 1.54) is 16.8 Å². The average Bonchev–Trinajstić information content (AvgIpc) is 2.82. The first-order valence-corrected chi connectivity index (χ1v) is 6.79. The van der Waals surface area contributed by atoms with E-state index in [4.69, 9.17) is 15.2 Å². The summed E-state index contributed by atoms with van der Waals surface area (Å²) in [7, 11) is 0. The van der Waals surface area contributed by atoms with E-state index in [2.05, 4.69) is 4.98 Å². The molecule has 2 fully saturated rings. The second-order valence-corrected chi connectivity index (χ2v) is 6.10. The Hall–Kier alpha value is -1.48. The Labute approximate surface area is 121 Å². The van der Waals surface area contributed by atoms with Crippen molar-refractivity contribution in [2.24, 2.45) is 0 Å². The Morgan fingerprint density at radius 2 is 2.19 bits per heavy atom. The molecule has 0 aromatic carbocycles. The number of rotatable bonds is 1. The molecule has 8 heteroatoms. The van der Waals surface area contributed by atoms with Crippen molar-refractivity contribution in [1.82, 2.24) is 9.55 Å². The lowest BCUT2D eigenvalue weighted by Crippen LogP contribution is -2.45. The zero-order valence-corrected chi connectivity index (χ0v) is 11.9. The number of hydrogen-bond acceptors (Lipinski definition) is 7. The zero-order valence-electron chi connectivity index (χ0n) is 11.9. The summed E-state index contributed by atoms with van der Waals surface area (Å²) in [4.78, 5) is 15.6. The molecule has 2 aliphatic rings. The predicted octanol–water partition coefficient (Wildman–Crippen LogP) is -0.986. The highest BCUT2D eigenvalue weighted by atomic mass is 16.8. The van der Waals surface area contributed by atoms with Crippen molar-refractivity contribution >= 4 is 5.82 Å². The normalized spacial score (nSPS) is 38.2. The number of hydrogen-bond donors (Lipinski definition) is 3. The molecule has 1 aromatic heterocycles. The maximum Gasteiger partial charge on any atom is 0.349 e. The van der Waals surface area contributed by atoms with Gasteiger partial charge >= 0.3 is 5.69 Å². The Morgan fingerprint density at radius 3 is 2.76 bits per heavy atom. The highest BCUT2D eigenvalue weighted by Gasteiger charge is 2.60. The third kappa shape index (κ3) is 2.24. The smallest absolute Gasteiger partial charge is 0.349 e. The van der Waals surface area contributed by atoms with Gasteiger partial charge < -0.3 is 25.4 Å². The SMILES string of the molecule is CC1(C)OC[C@]2(C[C@@H](n3ccc(N)nc3=O)[C@H](O)[C@@H]2O)O1. The summed E-state index contributed by atoms with van der Waals surface area (Å²) < 4.78 is 12.6. The third-order valence-electron chi connectivity index (χ3n) is 4.13. The molecule has 1 aliphatic carbocycles. The Bertz CT molecular complexity index is 616. The predicted molar refractivity (Wildman–Crippen MR) is 72.4 cm³/mol. The fraction of sp³-hybridized carbons (Fsp3) is 0.692. The van der Waals surface area contributed by atoms with Crippen LogP contribution in [0.2, 0.25) is 0 Å². The molecule has 0 amide bonds. The molecule has 0 unspecified atom stereocenters. The minimum Gasteiger partial charge on any atom is -0.388 e. The fourth-order valence-corrected chi connectivity index (χ4v) is 3.15. The van der Waals surface area contributed by atoms with Crippen molar-refractivity contribution in [3.8, 4) is 0 Å². The Balaban J connectivity index is 1.94. The van der Waals surface area contributed by atoms with Crippen LogP contribution >= 0.6 is 0 Å². The van der Waals surface area contributed by atoms with E-state index in [0.29, 0.717) is 0 Å². The van der Waals surface area contributed by atoms with Gasteiger partial charge in [-0.3, -0.25) is 4.57 Å². The maximum absolute atomic E-state index is 11.9. The van der Waals surface area contributed by atoms with Gasteiger partial charge in [0.2, 0.25) is 0 Å². The second kappa shape index (κ2) is 4.51. The van der Waals surface area contributed by atoms with Crippen LogP contribution in [-0.4, -0.2) is 50.0 Å². The molecule has 0 radical (unpaired) electrons. The molecule has 2 heterocycles. The number of aromatic nitrogens is 2. The van der Waals surface area contributed by atoms with Crippen LogP contribution in [0.4, 0.5) is 5.82 Å². The first kappa shape index (κ1) is 14.5. The van der Waals surface area contributed by atoms with Gasteiger partial charge in [-0.15, -0.1) is 0 Å². The molecule has 116 valence electrons. The van der Waals surface area contributed by atoms with Crippen molar-refractivity contribution < 1.29 is 19.7 Å². The first-order valence-electron chi connectivity index (χ1n) is 6.79. The largest absolute Gasteiger partial charge is 0.388 e. The molecule has 4 atom stereocenters. The Kier molecular flexibility index (Phi) is 3.10. The van der Waals surface area contributed by atoms with E-state index in [1.807, 2.05) is 0 Å². The highest BCUT2D eigenvalue weighted by molar-refractivity contribution is 5.24. The van der Waals surface area contributed by atoms with E-state index in [-0.39, 0.29) is 18.8 Å². The third-order valence-corrected chi connectivity index (χ3v) is 4.13. The number of ether oxygens (including phenoxy) is 2. The van der Waals surface area contributed by atoms with Crippen LogP contribution in [0.25, 0.3) is 0 Å². The van der Waals surface area contributed by atoms with E-state index < -0.39 is 35.3 Å². The number of aliphatic hydroxyl groups is 2. The second-order valence-electron chi connectivity index (χ2n) is 6.10. The van der Waals surface area contributed by atoms with Crippen LogP contribution in [0.1, 0.15) is 26.3 Å². The van der Waals surface area contributed by atoms with Crippen molar-refractivity contribution in [3.63, 3.8) is 0 Å². The average molecular weight is 297 g/mol. The standard InChI is InChI=1S/C13H19N3O5/c1-12(2)20-6-13(21-12)5-7(9(17)10(13)18)16-4-3-8(14)15-11(16)19/h3-4,7,9-10,17-18H,5-6H2,1-2H3,(H2,14,15,19)/t7-,9+,10+,13+/m1/s1. The molecule has 8 nitrogen and oxygen atoms in total. The van der Waals surface area contributed by atoms with Gasteiger partial charge in [-0.25, -0.2) is 4.79 Å². The van der Waals surface area contributed by atoms with Crippen LogP contribution in [-0.2, 0) is 9.47 Å². The molecule has 1 saturated carbocycles. The number of nitrogens with two attached hydrogens (primary N) is 1. The summed E-state index contributed by atoms with van der Waals surface area (Å²) in [5.74, 6) is -0.722. The summed E-state index contributed by atoms with van der Waals surface area (Å²) in [6.45, 7) is 3.64. The van der Waals surface area contributed by atoms with Gasteiger partial charge in [0.05, 0.1) is 12.6 Å². The van der Waals surface area contributed by atoms with E-state index in [9.17, 15) is 15.0 Å². The summed E-state index contributed by atoms with van der Waals surface area (Å²) in [6, 6.07) is 0.833. The van der Waals surface area contributed by atoms with E-state index in [1.54, 1.807) is 13.8 Å². The van der Waals surface area contributed by atoms with Crippen LogP contribution < -0.4 is 11.4 Å². The summed E-state index contributed by atoms with van der Waals surface area (Å²) in [5.41, 5.74) is 3.87. The van der Waals surface area contributed by atoms with Crippen LogP contribution in [0.15, 0.2) is 17.1 Å². The first-order chi connectivity index (χ1) is 9.74. The van der Waals surface area contributed by atoms with E-state index >= 15 is 0 Å². The van der Waals surface area contributed by atoms with Gasteiger partial charge in [-0.05, 0) is 19.9 Å². The summed E-state index contributed by atoms with van der Waals surface area (Å²) >= 11 is 0. The van der Waals surface area contributed by atoms with Crippen molar-refractivity contribution in [2.45, 2.75) is 49.9 Å². The number of nitrogens with zero attached hydrogens (tertiary/aromatic N) is 2. The van der Waals surface area contributed by atoms with Crippen LogP contribution in [0, 0.1) is 0 Å². The van der Waals surface area contributed by atoms with Crippen LogP contribution in [0.5, 0.6) is 0 Å². The maximum atomic E-state index is 11.9. The topological polar surface area (TPSA) is 120 Å². The van der Waals surface area contributed by atoms with Gasteiger partial charge in [0.1, 0.15) is 23.6 Å². The van der Waals surface area contributed by atoms with Crippen molar-refractivity contribution in [2.75, 3.05) is 12.3 Å². The number of aliphatic hydroxyl groups excluding tert-OH is 2. The van der Waals surface area contributed by atoms with Gasteiger partial charge in [-0.2, -0.15) is 4.98 Å². The lowest BCUT2D eigenvalue weighted by atomic mass is 10.0. The minimum absolute atomic E-state index is 0.112. The lowest BCUT2D eigenvalue weighted by Gasteiger charge is -2.28. The zero-order chi connectivity index (χ0) is 15.4. The van der Waals surface area contributed by atoms with Gasteiger partial charge in [0, 0.05) is 12.6 Å². The van der Waals surface area contributed by atoms with Gasteiger partial charge in [0.25, 0.3) is 0 Å². The number of anilines is 1. The molecule has 21 heavy (non-hydrogen) atoms. The molecule has 1 saturated heterocycles. The molecule has 3 rings (SSSR count). The monoisotopic (exact) mass is 297 g/mol. The summed E-state index contributed by atoms with van der Waals surface area (Å²) in [5, 5.41) is 20.6. The van der Waals surface area contributed by atoms with Gasteiger partial charge in [0.15, 0.2) is 5.79 Å². The quantitative estimate of drug-likeness (QED) is 0.609. The molecule has 4 N–H and O–H groups in total. The lowest BCUT2D eigenvalue weighted by molar-refractivity contribution is -0.183.